The van der Waals surface area contributed by atoms with Gasteiger partial charge in [-0.05, 0) is 21.2 Å². The number of hydrogen-bond acceptors (Lipinski definition) is 4. The molecule has 0 heterocycles. The second kappa shape index (κ2) is 17.6. The van der Waals surface area contributed by atoms with Crippen molar-refractivity contribution < 1.29 is 0 Å². The van der Waals surface area contributed by atoms with E-state index in [1.165, 1.54) is 7.16 Å². The van der Waals surface area contributed by atoms with Crippen molar-refractivity contribution in [2.75, 3.05) is 0 Å². The summed E-state index contributed by atoms with van der Waals surface area (Å²) >= 11 is 21.9. The Bertz CT molecular complexity index is 1520. The third kappa shape index (κ3) is 10.6. The van der Waals surface area contributed by atoms with Crippen molar-refractivity contribution in [3.63, 3.8) is 0 Å². The van der Waals surface area contributed by atoms with E-state index >= 15 is 0 Å². The summed E-state index contributed by atoms with van der Waals surface area (Å²) in [6.45, 7) is 0. The van der Waals surface area contributed by atoms with Crippen LogP contribution in [0.1, 0.15) is 0 Å². The molecule has 6 aromatic rings. The number of hydrogen-bond donors (Lipinski definition) is 0. The van der Waals surface area contributed by atoms with Crippen LogP contribution in [0.5, 0.6) is 0 Å². The van der Waals surface area contributed by atoms with Gasteiger partial charge in [-0.3, -0.25) is 0 Å². The Kier molecular flexibility index (Phi) is 13.9. The van der Waals surface area contributed by atoms with Crippen LogP contribution >= 0.6 is 10.5 Å². The summed E-state index contributed by atoms with van der Waals surface area (Å²) in [7, 11) is 0. The molecule has 0 aliphatic heterocycles. The maximum absolute atomic E-state index is 5.60. The molecule has 43 heavy (non-hydrogen) atoms. The Morgan fingerprint density at radius 2 is 0.512 bits per heavy atom. The molecule has 0 spiro atoms. The van der Waals surface area contributed by atoms with Crippen LogP contribution < -0.4 is 28.4 Å². The summed E-state index contributed by atoms with van der Waals surface area (Å²) < 4.78 is 3.08. The minimum absolute atomic E-state index is 0.517. The number of benzene rings is 6. The van der Waals surface area contributed by atoms with Crippen LogP contribution in [0.25, 0.3) is 0 Å². The Labute approximate surface area is 287 Å². The van der Waals surface area contributed by atoms with Crippen molar-refractivity contribution in [2.24, 2.45) is 0 Å². The second-order valence-electron chi connectivity index (χ2n) is 9.30. The van der Waals surface area contributed by atoms with E-state index in [-0.39, 0.29) is 0 Å². The predicted molar refractivity (Wildman–Crippen MR) is 206 cm³/mol. The monoisotopic (exact) mass is 772 g/mol. The zero-order chi connectivity index (χ0) is 30.4. The van der Waals surface area contributed by atoms with Gasteiger partial charge < -0.3 is 24.5 Å². The molecule has 7 heteroatoms. The van der Waals surface area contributed by atoms with Gasteiger partial charge in [-0.25, -0.2) is 0 Å². The molecule has 0 N–H and O–H groups in total. The molecule has 6 rings (SSSR count). The fraction of sp³-hybridized carbons (Fsp3) is 0. The van der Waals surface area contributed by atoms with Gasteiger partial charge in [0.15, 0.2) is 0 Å². The summed E-state index contributed by atoms with van der Waals surface area (Å²) in [4.78, 5) is 0. The molecule has 0 aromatic heterocycles. The van der Waals surface area contributed by atoms with Gasteiger partial charge in [0.2, 0.25) is 0 Å². The van der Waals surface area contributed by atoms with E-state index < -0.39 is 31.6 Å². The third-order valence-electron chi connectivity index (χ3n) is 6.22. The van der Waals surface area contributed by atoms with Gasteiger partial charge in [0.25, 0.3) is 0 Å². The molecule has 0 aliphatic rings. The molecule has 0 bridgehead atoms. The van der Waals surface area contributed by atoms with Crippen LogP contribution in [0, 0.1) is 0 Å². The van der Waals surface area contributed by atoms with Gasteiger partial charge in [0.1, 0.15) is 0 Å². The second-order valence-corrected chi connectivity index (χ2v) is 25.5. The predicted octanol–water partition coefficient (Wildman–Crippen LogP) is 6.50. The summed E-state index contributed by atoms with van der Waals surface area (Å²) in [5.41, 5.74) is 0. The Morgan fingerprint density at radius 3 is 0.721 bits per heavy atom. The summed E-state index contributed by atoms with van der Waals surface area (Å²) in [6, 6.07) is 61.7. The van der Waals surface area contributed by atoms with Crippen molar-refractivity contribution in [1.29, 1.82) is 0 Å². The van der Waals surface area contributed by atoms with E-state index in [9.17, 15) is 0 Å². The number of rotatable bonds is 6. The first-order valence-corrected chi connectivity index (χ1v) is 24.1. The van der Waals surface area contributed by atoms with Crippen molar-refractivity contribution in [3.8, 4) is 0 Å². The SMILES string of the molecule is S=P([S-])(c1ccccc1)c1ccccc1.S=P([S-])(c1ccccc1)c1ccccc1.c1cc[c]([Sn+2][c]2ccccc2)cc1. The van der Waals surface area contributed by atoms with Gasteiger partial charge in [0.05, 0.1) is 0 Å². The van der Waals surface area contributed by atoms with Gasteiger partial charge in [-0.2, -0.15) is 0 Å². The molecule has 0 nitrogen and oxygen atoms in total. The molecule has 0 amide bonds. The van der Waals surface area contributed by atoms with Gasteiger partial charge in [-0.1, -0.05) is 121 Å². The Balaban J connectivity index is 0.000000148. The molecule has 0 fully saturated rings. The molecule has 0 saturated heterocycles. The average molecular weight is 772 g/mol. The van der Waals surface area contributed by atoms with E-state index in [0.717, 1.165) is 21.2 Å². The fourth-order valence-corrected chi connectivity index (χ4v) is 12.8. The maximum atomic E-state index is 5.60. The van der Waals surface area contributed by atoms with Crippen LogP contribution in [-0.4, -0.2) is 21.1 Å². The minimum atomic E-state index is -1.98. The molecule has 0 aliphatic carbocycles. The topological polar surface area (TPSA) is 0 Å². The van der Waals surface area contributed by atoms with E-state index in [1.54, 1.807) is 0 Å². The average Bonchev–Trinajstić information content (AvgIpc) is 3.08. The zero-order valence-electron chi connectivity index (χ0n) is 23.3. The van der Waals surface area contributed by atoms with Crippen LogP contribution in [0.15, 0.2) is 182 Å². The summed E-state index contributed by atoms with van der Waals surface area (Å²) in [5.74, 6) is 0. The molecular weight excluding hydrogens is 741 g/mol. The van der Waals surface area contributed by atoms with Crippen molar-refractivity contribution in [1.82, 2.24) is 0 Å². The fourth-order valence-electron chi connectivity index (χ4n) is 4.00. The van der Waals surface area contributed by atoms with Crippen LogP contribution in [0.3, 0.4) is 0 Å². The van der Waals surface area contributed by atoms with Crippen molar-refractivity contribution in [2.45, 2.75) is 0 Å². The Hall–Kier alpha value is -1.88. The molecule has 0 saturated carbocycles. The first-order valence-electron chi connectivity index (χ1n) is 13.6. The first kappa shape index (κ1) is 34.0. The molecule has 212 valence electrons. The third-order valence-corrected chi connectivity index (χ3v) is 18.7. The summed E-state index contributed by atoms with van der Waals surface area (Å²) in [6.07, 6.45) is 0. The van der Waals surface area contributed by atoms with Crippen LogP contribution in [0.2, 0.25) is 0 Å². The molecular formula is C36H30P2S4Sn. The van der Waals surface area contributed by atoms with E-state index in [4.69, 9.17) is 48.1 Å². The van der Waals surface area contributed by atoms with Crippen LogP contribution in [-0.2, 0) is 48.1 Å². The van der Waals surface area contributed by atoms with Crippen molar-refractivity contribution >= 4 is 108 Å². The zero-order valence-corrected chi connectivity index (χ0v) is 31.3. The van der Waals surface area contributed by atoms with E-state index in [0.29, 0.717) is 0 Å². The first-order chi connectivity index (χ1) is 20.9. The van der Waals surface area contributed by atoms with Gasteiger partial charge in [0, 0.05) is 0 Å². The van der Waals surface area contributed by atoms with Gasteiger partial charge >= 0.3 is 89.0 Å². The van der Waals surface area contributed by atoms with Crippen molar-refractivity contribution in [3.05, 3.63) is 182 Å². The molecule has 0 unspecified atom stereocenters. The Morgan fingerprint density at radius 1 is 0.326 bits per heavy atom. The molecule has 0 radical (unpaired) electrons. The normalized spacial score (nSPS) is 10.7. The summed E-state index contributed by atoms with van der Waals surface area (Å²) in [5, 5.41) is 0.432. The molecule has 6 aromatic carbocycles. The quantitative estimate of drug-likeness (QED) is 0.108. The van der Waals surface area contributed by atoms with E-state index in [2.05, 4.69) is 60.7 Å². The van der Waals surface area contributed by atoms with Gasteiger partial charge in [-0.15, -0.1) is 34.1 Å². The standard InChI is InChI=1S/2C12H11PS2.2C6H5.Sn/c2*14-13(15,11-7-3-1-4-8-11)12-9-5-2-6-10-12;2*1-2-4-6-5-3-1;/h2*1-10H,(H,14,15);2*1-5H;/q;;;;+2/p-2. The molecule has 0 atom stereocenters. The van der Waals surface area contributed by atoms with Crippen LogP contribution in [0.4, 0.5) is 0 Å². The van der Waals surface area contributed by atoms with E-state index in [1.807, 2.05) is 121 Å².